The normalized spacial score (nSPS) is 31.4. The molecule has 0 heterocycles. The molecule has 3 fully saturated rings. The summed E-state index contributed by atoms with van der Waals surface area (Å²) in [5.41, 5.74) is -4.78. The SMILES string of the molecule is C[C@@H]1CC2C3C[C@H](F)C4=CC(=O)C=CC4(C)[C@@]3(F)C(O)CC2(C)C1C(=O)COC(=O)CC(NC(=O)CCCCCO[N+](=O)[O-])C(=O)O.O=C(O)CCCO[N+](=O)[O-]. The highest BCUT2D eigenvalue weighted by molar-refractivity contribution is 6.01. The summed E-state index contributed by atoms with van der Waals surface area (Å²) in [6.07, 6.45) is 0.719. The van der Waals surface area contributed by atoms with Gasteiger partial charge in [-0.05, 0) is 80.4 Å². The number of aliphatic hydroxyl groups is 1. The minimum absolute atomic E-state index is 0.00754. The van der Waals surface area contributed by atoms with Gasteiger partial charge in [-0.1, -0.05) is 26.3 Å². The van der Waals surface area contributed by atoms with Gasteiger partial charge in [0.1, 0.15) is 18.8 Å². The number of carboxylic acid groups (broad SMARTS) is 2. The molecule has 0 bridgehead atoms. The number of hydrogen-bond donors (Lipinski definition) is 4. The number of amides is 1. The van der Waals surface area contributed by atoms with Gasteiger partial charge in [0.15, 0.2) is 17.2 Å². The fraction of sp³-hybridized carbons (Fsp3) is 0.722. The highest BCUT2D eigenvalue weighted by Crippen LogP contribution is 2.70. The highest BCUT2D eigenvalue weighted by Gasteiger charge is 2.73. The highest BCUT2D eigenvalue weighted by atomic mass is 19.1. The predicted molar refractivity (Wildman–Crippen MR) is 188 cm³/mol. The Morgan fingerprint density at radius 1 is 0.982 bits per heavy atom. The van der Waals surface area contributed by atoms with Crippen LogP contribution in [-0.2, 0) is 43.2 Å². The van der Waals surface area contributed by atoms with E-state index in [4.69, 9.17) is 9.84 Å². The molecule has 0 saturated heterocycles. The Balaban J connectivity index is 0.000000766. The number of carbonyl (C=O) groups is 6. The van der Waals surface area contributed by atoms with E-state index < -0.39 is 111 Å². The van der Waals surface area contributed by atoms with Gasteiger partial charge in [0.25, 0.3) is 10.2 Å². The number of rotatable bonds is 19. The number of aliphatic hydroxyl groups excluding tert-OH is 1. The molecule has 0 aliphatic heterocycles. The Morgan fingerprint density at radius 3 is 2.21 bits per heavy atom. The first-order valence-corrected chi connectivity index (χ1v) is 18.5. The maximum Gasteiger partial charge on any atom is 0.326 e. The summed E-state index contributed by atoms with van der Waals surface area (Å²) in [5, 5.41) is 48.9. The Morgan fingerprint density at radius 2 is 1.61 bits per heavy atom. The first-order chi connectivity index (χ1) is 26.6. The zero-order valence-electron chi connectivity index (χ0n) is 31.8. The lowest BCUT2D eigenvalue weighted by atomic mass is 9.45. The summed E-state index contributed by atoms with van der Waals surface area (Å²) < 4.78 is 38.0. The number of Topliss-reactive ketones (excluding diaryl/α,β-unsaturated/α-hetero) is 1. The summed E-state index contributed by atoms with van der Waals surface area (Å²) in [6.45, 7) is 4.07. The number of esters is 1. The quantitative estimate of drug-likeness (QED) is 0.0630. The van der Waals surface area contributed by atoms with Gasteiger partial charge in [-0.2, -0.15) is 0 Å². The van der Waals surface area contributed by atoms with Crippen LogP contribution in [0.5, 0.6) is 0 Å². The number of aliphatic carboxylic acids is 2. The van der Waals surface area contributed by atoms with Crippen molar-refractivity contribution in [3.63, 3.8) is 0 Å². The lowest BCUT2D eigenvalue weighted by molar-refractivity contribution is -0.757. The number of hydrogen-bond acceptors (Lipinski definition) is 14. The predicted octanol–water partition coefficient (Wildman–Crippen LogP) is 3.07. The second-order valence-corrected chi connectivity index (χ2v) is 15.3. The van der Waals surface area contributed by atoms with Crippen LogP contribution in [0.15, 0.2) is 23.8 Å². The number of allylic oxidation sites excluding steroid dienone is 4. The monoisotopic (exact) mass is 817 g/mol. The van der Waals surface area contributed by atoms with Crippen LogP contribution in [0.25, 0.3) is 0 Å². The Bertz CT molecular complexity index is 1630. The number of unbranched alkanes of at least 4 members (excludes halogenated alkanes) is 2. The third-order valence-electron chi connectivity index (χ3n) is 11.7. The molecule has 10 atom stereocenters. The molecule has 0 radical (unpaired) electrons. The summed E-state index contributed by atoms with van der Waals surface area (Å²) >= 11 is 0. The van der Waals surface area contributed by atoms with Crippen molar-refractivity contribution in [2.24, 2.45) is 34.5 Å². The van der Waals surface area contributed by atoms with E-state index in [2.05, 4.69) is 15.0 Å². The number of carboxylic acids is 2. The van der Waals surface area contributed by atoms with Gasteiger partial charge in [0.05, 0.1) is 25.7 Å². The third kappa shape index (κ3) is 10.9. The Labute approximate surface area is 325 Å². The van der Waals surface area contributed by atoms with Crippen LogP contribution in [0.2, 0.25) is 0 Å². The first-order valence-electron chi connectivity index (χ1n) is 18.5. The number of halogens is 2. The molecule has 3 saturated carbocycles. The minimum atomic E-state index is -2.28. The van der Waals surface area contributed by atoms with Crippen LogP contribution in [-0.4, -0.2) is 105 Å². The van der Waals surface area contributed by atoms with E-state index in [1.807, 2.05) is 0 Å². The largest absolute Gasteiger partial charge is 0.481 e. The summed E-state index contributed by atoms with van der Waals surface area (Å²) in [6, 6.07) is -1.62. The second-order valence-electron chi connectivity index (χ2n) is 15.3. The molecular formula is C36H49F2N3O16. The van der Waals surface area contributed by atoms with Crippen LogP contribution in [0.1, 0.15) is 85.0 Å². The van der Waals surface area contributed by atoms with E-state index in [9.17, 15) is 59.2 Å². The van der Waals surface area contributed by atoms with Crippen LogP contribution < -0.4 is 5.32 Å². The number of ether oxygens (including phenoxy) is 1. The van der Waals surface area contributed by atoms with Gasteiger partial charge in [0.2, 0.25) is 5.91 Å². The number of ketones is 2. The van der Waals surface area contributed by atoms with Crippen molar-refractivity contribution < 1.29 is 77.5 Å². The topological polar surface area (TPSA) is 289 Å². The minimum Gasteiger partial charge on any atom is -0.481 e. The molecule has 7 unspecified atom stereocenters. The standard InChI is InChI=1S/C32H42F2N2O11.C4H7NO5/c1-17-11-19-20-13-22(33)21-12-18(37)8-9-31(21,3)32(20,34)25(39)15-30(19,2)28(17)24(38)16-46-27(41)14-23(29(42)43)35-26(40)7-5-4-6-10-47-36(44)45;6-4(7)2-1-3-10-5(8)9/h8-9,12,17,19-20,22-23,25,28,39H,4-7,10-11,13-16H2,1-3H3,(H,35,40)(H,42,43);1-3H2,(H,6,7)/t17-,19?,20?,22+,23?,25?,28?,30?,31?,32+;/m1./s1. The second kappa shape index (κ2) is 19.4. The summed E-state index contributed by atoms with van der Waals surface area (Å²) in [7, 11) is 0. The van der Waals surface area contributed by atoms with Gasteiger partial charge in [-0.25, -0.2) is 13.6 Å². The molecule has 1 amide bonds. The van der Waals surface area contributed by atoms with Gasteiger partial charge in [-0.15, -0.1) is 20.2 Å². The van der Waals surface area contributed by atoms with Crippen molar-refractivity contribution in [1.82, 2.24) is 5.32 Å². The van der Waals surface area contributed by atoms with E-state index in [0.29, 0.717) is 25.7 Å². The van der Waals surface area contributed by atoms with Crippen LogP contribution in [0, 0.1) is 54.7 Å². The summed E-state index contributed by atoms with van der Waals surface area (Å²) in [5.74, 6) is -7.64. The van der Waals surface area contributed by atoms with Crippen LogP contribution >= 0.6 is 0 Å². The van der Waals surface area contributed by atoms with Crippen molar-refractivity contribution in [3.05, 3.63) is 44.0 Å². The number of nitrogens with one attached hydrogen (secondary N) is 1. The van der Waals surface area contributed by atoms with E-state index in [1.54, 1.807) is 13.8 Å². The van der Waals surface area contributed by atoms with Crippen molar-refractivity contribution in [2.75, 3.05) is 19.8 Å². The number of nitrogens with zero attached hydrogens (tertiary/aromatic N) is 2. The van der Waals surface area contributed by atoms with Crippen molar-refractivity contribution in [3.8, 4) is 0 Å². The van der Waals surface area contributed by atoms with Gasteiger partial charge >= 0.3 is 17.9 Å². The molecular weight excluding hydrogens is 768 g/mol. The molecule has 4 aliphatic carbocycles. The molecule has 318 valence electrons. The van der Waals surface area contributed by atoms with E-state index in [1.165, 1.54) is 19.1 Å². The number of fused-ring (bicyclic) bond motifs is 5. The average Bonchev–Trinajstić information content (AvgIpc) is 3.38. The maximum absolute atomic E-state index is 17.3. The fourth-order valence-corrected chi connectivity index (χ4v) is 9.26. The molecule has 4 aliphatic rings. The fourth-order valence-electron chi connectivity index (χ4n) is 9.26. The summed E-state index contributed by atoms with van der Waals surface area (Å²) in [4.78, 5) is 99.5. The number of alkyl halides is 2. The lowest BCUT2D eigenvalue weighted by Gasteiger charge is -2.62. The molecule has 0 aromatic heterocycles. The van der Waals surface area contributed by atoms with Crippen molar-refractivity contribution >= 4 is 35.4 Å². The van der Waals surface area contributed by atoms with E-state index in [-0.39, 0.29) is 56.8 Å². The molecule has 4 rings (SSSR count). The van der Waals surface area contributed by atoms with Crippen molar-refractivity contribution in [2.45, 2.75) is 109 Å². The maximum atomic E-state index is 17.3. The third-order valence-corrected chi connectivity index (χ3v) is 11.7. The Kier molecular flexibility index (Phi) is 15.7. The van der Waals surface area contributed by atoms with Gasteiger partial charge in [-0.3, -0.25) is 24.0 Å². The lowest BCUT2D eigenvalue weighted by Crippen LogP contribution is -2.68. The van der Waals surface area contributed by atoms with E-state index >= 15 is 8.78 Å². The molecule has 4 N–H and O–H groups in total. The van der Waals surface area contributed by atoms with Crippen LogP contribution in [0.3, 0.4) is 0 Å². The molecule has 57 heavy (non-hydrogen) atoms. The van der Waals surface area contributed by atoms with Gasteiger partial charge in [0, 0.05) is 30.1 Å². The molecule has 0 aromatic carbocycles. The first kappa shape index (κ1) is 46.3. The average molecular weight is 818 g/mol. The zero-order chi connectivity index (χ0) is 42.9. The van der Waals surface area contributed by atoms with Crippen LogP contribution in [0.4, 0.5) is 8.78 Å². The van der Waals surface area contributed by atoms with E-state index in [0.717, 1.165) is 6.08 Å². The van der Waals surface area contributed by atoms with Crippen molar-refractivity contribution in [1.29, 1.82) is 0 Å². The zero-order valence-corrected chi connectivity index (χ0v) is 31.8. The molecule has 21 heteroatoms. The van der Waals surface area contributed by atoms with Gasteiger partial charge < -0.3 is 35.0 Å². The smallest absolute Gasteiger partial charge is 0.326 e. The Hall–Kier alpha value is -5.08. The molecule has 19 nitrogen and oxygen atoms in total. The molecule has 0 aromatic rings. The molecule has 0 spiro atoms. The number of carbonyl (C=O) groups excluding carboxylic acids is 4.